The average Bonchev–Trinajstić information content (AvgIpc) is 3.10. The molecule has 2 aromatic carbocycles. The van der Waals surface area contributed by atoms with Crippen molar-refractivity contribution in [1.82, 2.24) is 4.98 Å². The molecule has 3 nitrogen and oxygen atoms in total. The first-order valence-corrected chi connectivity index (χ1v) is 8.44. The van der Waals surface area contributed by atoms with E-state index >= 15 is 0 Å². The van der Waals surface area contributed by atoms with Crippen LogP contribution in [0.5, 0.6) is 0 Å². The topological polar surface area (TPSA) is 37.3 Å². The lowest BCUT2D eigenvalue weighted by Crippen LogP contribution is -2.08. The van der Waals surface area contributed by atoms with Crippen LogP contribution in [0, 0.1) is 6.92 Å². The van der Waals surface area contributed by atoms with Gasteiger partial charge in [0.05, 0.1) is 5.01 Å². The van der Waals surface area contributed by atoms with E-state index in [9.17, 15) is 0 Å². The summed E-state index contributed by atoms with van der Waals surface area (Å²) in [4.78, 5) is 9.27. The molecule has 0 spiro atoms. The third-order valence-electron chi connectivity index (χ3n) is 3.90. The minimum Gasteiger partial charge on any atom is -0.339 e. The molecule has 0 fully saturated rings. The van der Waals surface area contributed by atoms with Crippen LogP contribution in [-0.2, 0) is 6.42 Å². The predicted octanol–water partition coefficient (Wildman–Crippen LogP) is 4.41. The highest BCUT2D eigenvalue weighted by atomic mass is 32.1. The summed E-state index contributed by atoms with van der Waals surface area (Å²) in [6, 6.07) is 12.8. The third-order valence-corrected chi connectivity index (χ3v) is 4.92. The highest BCUT2D eigenvalue weighted by molar-refractivity contribution is 7.09. The SMILES string of the molecule is Cc1csc(CCCN=C2Nc3cccc4cccc2c34)n1. The van der Waals surface area contributed by atoms with Crippen LogP contribution < -0.4 is 5.32 Å². The number of aromatic nitrogens is 1. The lowest BCUT2D eigenvalue weighted by Gasteiger charge is -2.01. The minimum atomic E-state index is 0.825. The van der Waals surface area contributed by atoms with Crippen molar-refractivity contribution in [3.8, 4) is 0 Å². The Balaban J connectivity index is 1.49. The van der Waals surface area contributed by atoms with Crippen LogP contribution in [-0.4, -0.2) is 17.4 Å². The summed E-state index contributed by atoms with van der Waals surface area (Å²) in [7, 11) is 0. The molecule has 1 N–H and O–H groups in total. The second-order valence-corrected chi connectivity index (χ2v) is 6.49. The molecule has 0 bridgehead atoms. The number of nitrogens with one attached hydrogen (secondary N) is 1. The van der Waals surface area contributed by atoms with Crippen LogP contribution in [0.3, 0.4) is 0 Å². The fourth-order valence-electron chi connectivity index (χ4n) is 2.90. The number of amidine groups is 1. The number of hydrogen-bond acceptors (Lipinski definition) is 3. The van der Waals surface area contributed by atoms with Gasteiger partial charge in [-0.2, -0.15) is 0 Å². The molecule has 3 aromatic rings. The van der Waals surface area contributed by atoms with Crippen molar-refractivity contribution in [3.05, 3.63) is 58.0 Å². The second kappa shape index (κ2) is 5.54. The first-order valence-electron chi connectivity index (χ1n) is 7.56. The molecular weight excluding hydrogens is 290 g/mol. The van der Waals surface area contributed by atoms with Gasteiger partial charge in [0.25, 0.3) is 0 Å². The number of hydrogen-bond donors (Lipinski definition) is 1. The molecule has 0 atom stereocenters. The lowest BCUT2D eigenvalue weighted by molar-refractivity contribution is 0.825. The largest absolute Gasteiger partial charge is 0.339 e. The Morgan fingerprint density at radius 1 is 1.18 bits per heavy atom. The zero-order valence-electron chi connectivity index (χ0n) is 12.5. The number of benzene rings is 2. The maximum absolute atomic E-state index is 4.77. The molecule has 4 rings (SSSR count). The molecule has 1 aliphatic rings. The maximum Gasteiger partial charge on any atom is 0.133 e. The highest BCUT2D eigenvalue weighted by Crippen LogP contribution is 2.32. The molecule has 110 valence electrons. The molecule has 22 heavy (non-hydrogen) atoms. The Kier molecular flexibility index (Phi) is 3.39. The van der Waals surface area contributed by atoms with Crippen molar-refractivity contribution < 1.29 is 0 Å². The van der Waals surface area contributed by atoms with Crippen molar-refractivity contribution in [2.24, 2.45) is 4.99 Å². The van der Waals surface area contributed by atoms with Crippen molar-refractivity contribution in [3.63, 3.8) is 0 Å². The van der Waals surface area contributed by atoms with Crippen molar-refractivity contribution in [1.29, 1.82) is 0 Å². The molecular formula is C18H17N3S. The number of thiazole rings is 1. The van der Waals surface area contributed by atoms with Gasteiger partial charge in [0, 0.05) is 40.7 Å². The normalized spacial score (nSPS) is 14.7. The zero-order valence-corrected chi connectivity index (χ0v) is 13.3. The molecule has 1 aromatic heterocycles. The van der Waals surface area contributed by atoms with Gasteiger partial charge in [-0.3, -0.25) is 4.99 Å². The van der Waals surface area contributed by atoms with Gasteiger partial charge >= 0.3 is 0 Å². The molecule has 0 saturated heterocycles. The van der Waals surface area contributed by atoms with Crippen molar-refractivity contribution in [2.45, 2.75) is 19.8 Å². The Labute approximate surface area is 133 Å². The van der Waals surface area contributed by atoms with Crippen LogP contribution in [0.15, 0.2) is 46.8 Å². The first kappa shape index (κ1) is 13.5. The number of aliphatic imine (C=N–C) groups is 1. The third kappa shape index (κ3) is 2.40. The Bertz CT molecular complexity index is 858. The Hall–Kier alpha value is -2.20. The van der Waals surface area contributed by atoms with Gasteiger partial charge in [-0.15, -0.1) is 11.3 Å². The molecule has 0 radical (unpaired) electrons. The van der Waals surface area contributed by atoms with Gasteiger partial charge in [-0.25, -0.2) is 4.98 Å². The summed E-state index contributed by atoms with van der Waals surface area (Å²) in [6.45, 7) is 2.87. The van der Waals surface area contributed by atoms with E-state index in [0.29, 0.717) is 0 Å². The maximum atomic E-state index is 4.77. The number of nitrogens with zero attached hydrogens (tertiary/aromatic N) is 2. The van der Waals surface area contributed by atoms with E-state index in [1.165, 1.54) is 27.0 Å². The van der Waals surface area contributed by atoms with E-state index in [4.69, 9.17) is 4.99 Å². The molecule has 1 aliphatic heterocycles. The van der Waals surface area contributed by atoms with E-state index in [-0.39, 0.29) is 0 Å². The number of rotatable bonds is 4. The predicted molar refractivity (Wildman–Crippen MR) is 94.1 cm³/mol. The minimum absolute atomic E-state index is 0.825. The van der Waals surface area contributed by atoms with E-state index in [0.717, 1.165) is 30.9 Å². The summed E-state index contributed by atoms with van der Waals surface area (Å²) in [5, 5.41) is 9.33. The van der Waals surface area contributed by atoms with E-state index < -0.39 is 0 Å². The van der Waals surface area contributed by atoms with Crippen LogP contribution >= 0.6 is 11.3 Å². The van der Waals surface area contributed by atoms with Crippen LogP contribution in [0.4, 0.5) is 5.69 Å². The summed E-state index contributed by atoms with van der Waals surface area (Å²) in [5.41, 5.74) is 3.51. The van der Waals surface area contributed by atoms with Gasteiger partial charge in [-0.1, -0.05) is 30.3 Å². The molecule has 0 unspecified atom stereocenters. The second-order valence-electron chi connectivity index (χ2n) is 5.55. The smallest absolute Gasteiger partial charge is 0.133 e. The lowest BCUT2D eigenvalue weighted by atomic mass is 10.1. The number of anilines is 1. The summed E-state index contributed by atoms with van der Waals surface area (Å²) in [5.74, 6) is 1.00. The molecule has 2 heterocycles. The first-order chi connectivity index (χ1) is 10.8. The quantitative estimate of drug-likeness (QED) is 0.725. The van der Waals surface area contributed by atoms with Gasteiger partial charge in [0.15, 0.2) is 0 Å². The number of aryl methyl sites for hydroxylation is 2. The van der Waals surface area contributed by atoms with Gasteiger partial charge in [0.2, 0.25) is 0 Å². The molecule has 0 saturated carbocycles. The van der Waals surface area contributed by atoms with Crippen molar-refractivity contribution >= 4 is 33.6 Å². The van der Waals surface area contributed by atoms with Gasteiger partial charge in [0.1, 0.15) is 5.84 Å². The monoisotopic (exact) mass is 307 g/mol. The van der Waals surface area contributed by atoms with E-state index in [1.807, 2.05) is 6.92 Å². The zero-order chi connectivity index (χ0) is 14.9. The standard InChI is InChI=1S/C18H17N3S/c1-12-11-22-16(20-12)9-4-10-19-18-14-7-2-5-13-6-3-8-15(21-18)17(13)14/h2-3,5-8,11H,4,9-10H2,1H3,(H,19,21). The fourth-order valence-corrected chi connectivity index (χ4v) is 3.72. The van der Waals surface area contributed by atoms with Gasteiger partial charge < -0.3 is 5.32 Å². The molecule has 0 aliphatic carbocycles. The highest BCUT2D eigenvalue weighted by Gasteiger charge is 2.18. The Morgan fingerprint density at radius 2 is 2.05 bits per heavy atom. The van der Waals surface area contributed by atoms with Gasteiger partial charge in [-0.05, 0) is 24.8 Å². The van der Waals surface area contributed by atoms with E-state index in [2.05, 4.69) is 52.1 Å². The van der Waals surface area contributed by atoms with Crippen LogP contribution in [0.2, 0.25) is 0 Å². The van der Waals surface area contributed by atoms with Crippen LogP contribution in [0.25, 0.3) is 10.8 Å². The van der Waals surface area contributed by atoms with Crippen molar-refractivity contribution in [2.75, 3.05) is 11.9 Å². The average molecular weight is 307 g/mol. The Morgan fingerprint density at radius 3 is 2.86 bits per heavy atom. The summed E-state index contributed by atoms with van der Waals surface area (Å²) in [6.07, 6.45) is 2.04. The molecule has 0 amide bonds. The summed E-state index contributed by atoms with van der Waals surface area (Å²) >= 11 is 1.74. The van der Waals surface area contributed by atoms with E-state index in [1.54, 1.807) is 11.3 Å². The summed E-state index contributed by atoms with van der Waals surface area (Å²) < 4.78 is 0. The van der Waals surface area contributed by atoms with Crippen LogP contribution in [0.1, 0.15) is 22.7 Å². The molecule has 4 heteroatoms. The fraction of sp³-hybridized carbons (Fsp3) is 0.222.